The Morgan fingerprint density at radius 2 is 1.75 bits per heavy atom. The number of aryl methyl sites for hydroxylation is 1. The van der Waals surface area contributed by atoms with E-state index in [1.54, 1.807) is 36.1 Å². The number of pyridine rings is 2. The van der Waals surface area contributed by atoms with Crippen LogP contribution in [0, 0.1) is 12.7 Å². The Morgan fingerprint density at radius 1 is 0.969 bits per heavy atom. The highest BCUT2D eigenvalue weighted by Gasteiger charge is 2.18. The zero-order chi connectivity index (χ0) is 21.5. The van der Waals surface area contributed by atoms with Crippen molar-refractivity contribution in [2.45, 2.75) is 6.92 Å². The van der Waals surface area contributed by atoms with E-state index >= 15 is 0 Å². The van der Waals surface area contributed by atoms with Gasteiger partial charge in [0.2, 0.25) is 5.95 Å². The van der Waals surface area contributed by atoms with Crippen LogP contribution in [0.5, 0.6) is 5.75 Å². The molecule has 1 fully saturated rings. The average molecular weight is 457 g/mol. The number of rotatable bonds is 3. The van der Waals surface area contributed by atoms with Crippen LogP contribution in [-0.2, 0) is 0 Å². The van der Waals surface area contributed by atoms with Crippen molar-refractivity contribution in [2.75, 3.05) is 38.1 Å². The van der Waals surface area contributed by atoms with Crippen LogP contribution in [0.4, 0.5) is 10.3 Å². The van der Waals surface area contributed by atoms with Crippen LogP contribution >= 0.6 is 12.4 Å². The highest BCUT2D eigenvalue weighted by molar-refractivity contribution is 5.85. The molecule has 0 bridgehead atoms. The first-order chi connectivity index (χ1) is 15.0. The lowest BCUT2D eigenvalue weighted by Gasteiger charge is -2.31. The highest BCUT2D eigenvalue weighted by Crippen LogP contribution is 2.30. The van der Waals surface area contributed by atoms with Gasteiger partial charge in [0.05, 0.1) is 11.9 Å². The van der Waals surface area contributed by atoms with E-state index in [-0.39, 0.29) is 29.5 Å². The first kappa shape index (κ1) is 21.8. The molecule has 0 spiro atoms. The summed E-state index contributed by atoms with van der Waals surface area (Å²) >= 11 is 0. The number of aromatic nitrogens is 6. The van der Waals surface area contributed by atoms with Gasteiger partial charge in [-0.15, -0.1) is 22.6 Å². The van der Waals surface area contributed by atoms with Gasteiger partial charge in [0, 0.05) is 55.9 Å². The van der Waals surface area contributed by atoms with Gasteiger partial charge >= 0.3 is 0 Å². The Morgan fingerprint density at radius 3 is 2.44 bits per heavy atom. The topological polar surface area (TPSA) is 95.6 Å². The van der Waals surface area contributed by atoms with E-state index in [9.17, 15) is 9.50 Å². The molecule has 4 aromatic heterocycles. The van der Waals surface area contributed by atoms with Crippen molar-refractivity contribution < 1.29 is 9.50 Å². The largest absolute Gasteiger partial charge is 0.506 e. The number of hydrogen-bond donors (Lipinski definition) is 1. The van der Waals surface area contributed by atoms with Gasteiger partial charge in [-0.25, -0.2) is 19.3 Å². The maximum atomic E-state index is 14.4. The summed E-state index contributed by atoms with van der Waals surface area (Å²) in [4.78, 5) is 17.2. The van der Waals surface area contributed by atoms with Crippen molar-refractivity contribution in [1.82, 2.24) is 34.4 Å². The number of piperazine rings is 1. The van der Waals surface area contributed by atoms with E-state index in [4.69, 9.17) is 0 Å². The molecule has 0 saturated carbocycles. The summed E-state index contributed by atoms with van der Waals surface area (Å²) in [5, 5.41) is 19.0. The van der Waals surface area contributed by atoms with Crippen molar-refractivity contribution >= 4 is 24.0 Å². The van der Waals surface area contributed by atoms with E-state index in [0.717, 1.165) is 31.9 Å². The first-order valence-electron chi connectivity index (χ1n) is 9.96. The first-order valence-corrected chi connectivity index (χ1v) is 9.96. The molecule has 0 aliphatic carbocycles. The number of fused-ring (bicyclic) bond motifs is 1. The molecule has 0 radical (unpaired) electrons. The number of imidazole rings is 1. The molecule has 9 nitrogen and oxygen atoms in total. The Balaban J connectivity index is 0.00000245. The van der Waals surface area contributed by atoms with Gasteiger partial charge in [0.25, 0.3) is 0 Å². The minimum Gasteiger partial charge on any atom is -0.506 e. The van der Waals surface area contributed by atoms with Crippen LogP contribution in [0.1, 0.15) is 5.69 Å². The molecule has 0 amide bonds. The molecular formula is C21H22ClFN8O. The monoisotopic (exact) mass is 456 g/mol. The smallest absolute Gasteiger partial charge is 0.245 e. The van der Waals surface area contributed by atoms with Crippen LogP contribution in [0.2, 0.25) is 0 Å². The minimum absolute atomic E-state index is 0. The van der Waals surface area contributed by atoms with Gasteiger partial charge < -0.3 is 19.3 Å². The fraction of sp³-hybridized carbons (Fsp3) is 0.286. The van der Waals surface area contributed by atoms with Crippen LogP contribution in [0.15, 0.2) is 36.9 Å². The van der Waals surface area contributed by atoms with Crippen LogP contribution in [0.25, 0.3) is 28.2 Å². The average Bonchev–Trinajstić information content (AvgIpc) is 3.15. The summed E-state index contributed by atoms with van der Waals surface area (Å²) in [6.45, 7) is 5.37. The molecule has 0 unspecified atom stereocenters. The van der Waals surface area contributed by atoms with Gasteiger partial charge in [-0.2, -0.15) is 0 Å². The predicted octanol–water partition coefficient (Wildman–Crippen LogP) is 2.58. The molecule has 4 aromatic rings. The number of aromatic hydroxyl groups is 1. The normalized spacial score (nSPS) is 14.5. The predicted molar refractivity (Wildman–Crippen MR) is 121 cm³/mol. The summed E-state index contributed by atoms with van der Waals surface area (Å²) < 4.78 is 16.0. The molecule has 0 aromatic carbocycles. The second-order valence-electron chi connectivity index (χ2n) is 7.72. The van der Waals surface area contributed by atoms with Crippen LogP contribution < -0.4 is 4.90 Å². The zero-order valence-electron chi connectivity index (χ0n) is 17.6. The van der Waals surface area contributed by atoms with E-state index in [1.807, 2.05) is 0 Å². The quantitative estimate of drug-likeness (QED) is 0.502. The van der Waals surface area contributed by atoms with E-state index < -0.39 is 5.82 Å². The van der Waals surface area contributed by atoms with Gasteiger partial charge in [0.1, 0.15) is 17.1 Å². The molecule has 5 rings (SSSR count). The standard InChI is InChI=1S/C21H21FN8O.ClH/c1-13-11-30-12-15(7-16(22)20(30)25-13)14-8-18(31)19(23-9-14)17-10-24-21(27-26-17)29-5-3-28(2)4-6-29;/h7-12,31H,3-6H2,1-2H3;1H. The lowest BCUT2D eigenvalue weighted by molar-refractivity contribution is 0.311. The number of nitrogens with zero attached hydrogens (tertiary/aromatic N) is 8. The molecule has 0 atom stereocenters. The fourth-order valence-corrected chi connectivity index (χ4v) is 3.67. The molecule has 1 aliphatic rings. The van der Waals surface area contributed by atoms with Gasteiger partial charge in [-0.05, 0) is 26.1 Å². The number of likely N-dealkylation sites (N-methyl/N-ethyl adjacent to an activating group) is 1. The molecule has 32 heavy (non-hydrogen) atoms. The van der Waals surface area contributed by atoms with Crippen LogP contribution in [-0.4, -0.2) is 72.8 Å². The lowest BCUT2D eigenvalue weighted by Crippen LogP contribution is -2.45. The summed E-state index contributed by atoms with van der Waals surface area (Å²) in [6, 6.07) is 2.91. The van der Waals surface area contributed by atoms with E-state index in [2.05, 4.69) is 42.0 Å². The Kier molecular flexibility index (Phi) is 5.90. The van der Waals surface area contributed by atoms with Crippen molar-refractivity contribution in [3.63, 3.8) is 0 Å². The van der Waals surface area contributed by atoms with E-state index in [1.165, 1.54) is 12.1 Å². The van der Waals surface area contributed by atoms with Gasteiger partial charge in [0.15, 0.2) is 11.5 Å². The van der Waals surface area contributed by atoms with Crippen molar-refractivity contribution in [3.8, 4) is 28.3 Å². The Bertz CT molecular complexity index is 1250. The maximum Gasteiger partial charge on any atom is 0.245 e. The molecule has 1 aliphatic heterocycles. The third kappa shape index (κ3) is 4.06. The minimum atomic E-state index is -0.441. The fourth-order valence-electron chi connectivity index (χ4n) is 3.67. The molecule has 1 saturated heterocycles. The van der Waals surface area contributed by atoms with Crippen molar-refractivity contribution in [2.24, 2.45) is 0 Å². The molecule has 166 valence electrons. The second kappa shape index (κ2) is 8.64. The zero-order valence-corrected chi connectivity index (χ0v) is 18.4. The summed E-state index contributed by atoms with van der Waals surface area (Å²) in [5.41, 5.74) is 2.77. The summed E-state index contributed by atoms with van der Waals surface area (Å²) in [6.07, 6.45) is 6.62. The third-order valence-electron chi connectivity index (χ3n) is 5.41. The summed E-state index contributed by atoms with van der Waals surface area (Å²) in [5.74, 6) is 0.0411. The van der Waals surface area contributed by atoms with Gasteiger partial charge in [-0.1, -0.05) is 0 Å². The molecular weight excluding hydrogens is 435 g/mol. The molecule has 11 heteroatoms. The molecule has 1 N–H and O–H groups in total. The highest BCUT2D eigenvalue weighted by atomic mass is 35.5. The third-order valence-corrected chi connectivity index (χ3v) is 5.41. The van der Waals surface area contributed by atoms with Crippen LogP contribution in [0.3, 0.4) is 0 Å². The lowest BCUT2D eigenvalue weighted by atomic mass is 10.1. The summed E-state index contributed by atoms with van der Waals surface area (Å²) in [7, 11) is 2.08. The van der Waals surface area contributed by atoms with E-state index in [0.29, 0.717) is 22.8 Å². The molecule has 5 heterocycles. The number of halogens is 2. The maximum absolute atomic E-state index is 14.4. The number of hydrogen-bond acceptors (Lipinski definition) is 8. The van der Waals surface area contributed by atoms with Gasteiger partial charge in [-0.3, -0.25) is 0 Å². The SMILES string of the molecule is Cc1cn2cc(-c3cnc(-c4cnc(N5CCN(C)CC5)nn4)c(O)c3)cc(F)c2n1.Cl. The van der Waals surface area contributed by atoms with Crippen molar-refractivity contribution in [3.05, 3.63) is 48.4 Å². The Labute approximate surface area is 190 Å². The number of anilines is 1. The Hall–Kier alpha value is -3.37. The van der Waals surface area contributed by atoms with Crippen molar-refractivity contribution in [1.29, 1.82) is 0 Å². The second-order valence-corrected chi connectivity index (χ2v) is 7.72.